The first-order valence-electron chi connectivity index (χ1n) is 18.1. The zero-order valence-electron chi connectivity index (χ0n) is 30.1. The summed E-state index contributed by atoms with van der Waals surface area (Å²) < 4.78 is 12.5. The molecule has 3 amide bonds. The van der Waals surface area contributed by atoms with Crippen molar-refractivity contribution in [3.63, 3.8) is 0 Å². The zero-order valence-corrected chi connectivity index (χ0v) is 31.1. The number of aliphatic hydroxyl groups is 1. The van der Waals surface area contributed by atoms with Crippen LogP contribution in [0.5, 0.6) is 5.75 Å². The highest BCUT2D eigenvalue weighted by atomic mass is 28.3. The maximum Gasteiger partial charge on any atom is 0.269 e. The molecule has 4 heterocycles. The van der Waals surface area contributed by atoms with Crippen molar-refractivity contribution in [3.05, 3.63) is 88.0 Å². The number of carbonyl (C=O) groups excluding carboxylic acids is 3. The summed E-state index contributed by atoms with van der Waals surface area (Å²) >= 11 is 0. The molecular weight excluding hydrogens is 681 g/mol. The number of nitrogens with zero attached hydrogens (tertiary/aromatic N) is 4. The number of nitro benzene ring substituents is 1. The van der Waals surface area contributed by atoms with Crippen LogP contribution in [0.4, 0.5) is 17.1 Å². The molecular formula is C39H46N4O8Si. The number of non-ortho nitro benzene ring substituents is 1. The van der Waals surface area contributed by atoms with Gasteiger partial charge in [0, 0.05) is 48.8 Å². The third-order valence-electron chi connectivity index (χ3n) is 12.0. The Morgan fingerprint density at radius 1 is 1.06 bits per heavy atom. The Balaban J connectivity index is 1.29. The van der Waals surface area contributed by atoms with E-state index in [4.69, 9.17) is 9.47 Å². The Kier molecular flexibility index (Phi) is 9.47. The topological polar surface area (TPSA) is 143 Å². The molecule has 3 saturated heterocycles. The minimum absolute atomic E-state index is 0.0219. The van der Waals surface area contributed by atoms with E-state index in [0.717, 1.165) is 41.4 Å². The molecule has 0 saturated carbocycles. The second-order valence-corrected chi connectivity index (χ2v) is 19.8. The van der Waals surface area contributed by atoms with Gasteiger partial charge in [-0.1, -0.05) is 49.5 Å². The van der Waals surface area contributed by atoms with Crippen molar-refractivity contribution in [2.45, 2.75) is 82.0 Å². The van der Waals surface area contributed by atoms with E-state index in [-0.39, 0.29) is 54.6 Å². The molecule has 4 aliphatic rings. The fourth-order valence-corrected chi connectivity index (χ4v) is 13.3. The fraction of sp³-hybridized carbons (Fsp3) is 0.462. The lowest BCUT2D eigenvalue weighted by Gasteiger charge is -2.37. The van der Waals surface area contributed by atoms with Crippen molar-refractivity contribution >= 4 is 48.0 Å². The van der Waals surface area contributed by atoms with Gasteiger partial charge in [-0.25, -0.2) is 0 Å². The van der Waals surface area contributed by atoms with Gasteiger partial charge >= 0.3 is 0 Å². The molecule has 4 aliphatic heterocycles. The lowest BCUT2D eigenvalue weighted by molar-refractivity contribution is -0.385. The summed E-state index contributed by atoms with van der Waals surface area (Å²) in [5, 5.41) is 23.3. The molecule has 0 unspecified atom stereocenters. The van der Waals surface area contributed by atoms with Crippen molar-refractivity contribution in [3.8, 4) is 5.75 Å². The summed E-state index contributed by atoms with van der Waals surface area (Å²) in [5.74, 6) is -0.0909. The van der Waals surface area contributed by atoms with Gasteiger partial charge < -0.3 is 29.3 Å². The highest BCUT2D eigenvalue weighted by Crippen LogP contribution is 2.60. The van der Waals surface area contributed by atoms with Crippen molar-refractivity contribution < 1.29 is 33.9 Å². The summed E-state index contributed by atoms with van der Waals surface area (Å²) in [4.78, 5) is 58.3. The summed E-state index contributed by atoms with van der Waals surface area (Å²) in [6, 6.07) is 19.8. The largest absolute Gasteiger partial charge is 0.497 e. The van der Waals surface area contributed by atoms with Crippen LogP contribution in [-0.2, 0) is 31.3 Å². The number of nitro groups is 1. The molecule has 1 N–H and O–H groups in total. The second-order valence-electron chi connectivity index (χ2n) is 15.1. The molecule has 7 rings (SSSR count). The van der Waals surface area contributed by atoms with Crippen LogP contribution >= 0.6 is 0 Å². The van der Waals surface area contributed by atoms with Gasteiger partial charge in [0.05, 0.1) is 57.5 Å². The van der Waals surface area contributed by atoms with Crippen molar-refractivity contribution in [2.24, 2.45) is 5.92 Å². The van der Waals surface area contributed by atoms with Crippen molar-refractivity contribution in [2.75, 3.05) is 36.6 Å². The van der Waals surface area contributed by atoms with Gasteiger partial charge in [0.15, 0.2) is 5.60 Å². The molecule has 5 atom stereocenters. The number of benzene rings is 3. The minimum Gasteiger partial charge on any atom is -0.497 e. The lowest BCUT2D eigenvalue weighted by atomic mass is 9.82. The van der Waals surface area contributed by atoms with Crippen LogP contribution in [0.3, 0.4) is 0 Å². The summed E-state index contributed by atoms with van der Waals surface area (Å²) in [5.41, 5.74) is 0.653. The smallest absolute Gasteiger partial charge is 0.269 e. The number of rotatable bonds is 10. The molecule has 3 fully saturated rings. The van der Waals surface area contributed by atoms with Crippen LogP contribution in [-0.4, -0.2) is 79.7 Å². The Labute approximate surface area is 304 Å². The Morgan fingerprint density at radius 3 is 2.42 bits per heavy atom. The van der Waals surface area contributed by atoms with Crippen LogP contribution in [0.25, 0.3) is 0 Å². The van der Waals surface area contributed by atoms with Crippen LogP contribution in [0.2, 0.25) is 18.6 Å². The SMILES string of the molecule is COc1ccc([Si](C)(C)[C@@H]2[C@@H](CC(=O)N3CCC[C@H]3CO)O[C@]3(C(=O)N(Cc4ccc(N5CCCC5=O)cc4)c4ccc([N+](=O)[O-])cc43)[C@H]2C)cc1. The third-order valence-corrected chi connectivity index (χ3v) is 16.3. The highest BCUT2D eigenvalue weighted by Gasteiger charge is 2.67. The maximum absolute atomic E-state index is 15.1. The highest BCUT2D eigenvalue weighted by molar-refractivity contribution is 6.91. The molecule has 52 heavy (non-hydrogen) atoms. The molecule has 0 aliphatic carbocycles. The number of likely N-dealkylation sites (tertiary alicyclic amines) is 1. The fourth-order valence-electron chi connectivity index (χ4n) is 9.30. The van der Waals surface area contributed by atoms with Crippen molar-refractivity contribution in [1.82, 2.24) is 4.90 Å². The number of aliphatic hydroxyl groups excluding tert-OH is 1. The van der Waals surface area contributed by atoms with Gasteiger partial charge in [0.25, 0.3) is 11.6 Å². The van der Waals surface area contributed by atoms with Gasteiger partial charge in [0.1, 0.15) is 5.75 Å². The molecule has 1 spiro atoms. The van der Waals surface area contributed by atoms with Gasteiger partial charge in [-0.2, -0.15) is 0 Å². The number of hydrogen-bond donors (Lipinski definition) is 1. The maximum atomic E-state index is 15.1. The van der Waals surface area contributed by atoms with E-state index in [2.05, 4.69) is 13.1 Å². The number of hydrogen-bond acceptors (Lipinski definition) is 8. The summed E-state index contributed by atoms with van der Waals surface area (Å²) in [6.07, 6.45) is 2.23. The number of methoxy groups -OCH3 is 1. The number of fused-ring (bicyclic) bond motifs is 2. The quantitative estimate of drug-likeness (QED) is 0.177. The van der Waals surface area contributed by atoms with E-state index in [0.29, 0.717) is 30.8 Å². The molecule has 0 aromatic heterocycles. The van der Waals surface area contributed by atoms with Crippen molar-refractivity contribution in [1.29, 1.82) is 0 Å². The predicted molar refractivity (Wildman–Crippen MR) is 198 cm³/mol. The van der Waals surface area contributed by atoms with Crippen LogP contribution in [0.1, 0.15) is 50.2 Å². The molecule has 12 nitrogen and oxygen atoms in total. The first-order chi connectivity index (χ1) is 24.9. The van der Waals surface area contributed by atoms with E-state index < -0.39 is 30.6 Å². The van der Waals surface area contributed by atoms with Gasteiger partial charge in [0.2, 0.25) is 11.8 Å². The first kappa shape index (κ1) is 35.8. The zero-order chi connectivity index (χ0) is 36.9. The van der Waals surface area contributed by atoms with E-state index in [1.54, 1.807) is 27.9 Å². The first-order valence-corrected chi connectivity index (χ1v) is 21.2. The molecule has 274 valence electrons. The Hall–Kier alpha value is -4.59. The van der Waals surface area contributed by atoms with Gasteiger partial charge in [-0.3, -0.25) is 24.5 Å². The molecule has 3 aromatic rings. The van der Waals surface area contributed by atoms with E-state index in [1.165, 1.54) is 12.1 Å². The molecule has 0 radical (unpaired) electrons. The van der Waals surface area contributed by atoms with E-state index in [1.807, 2.05) is 55.5 Å². The normalized spacial score (nSPS) is 25.8. The predicted octanol–water partition coefficient (Wildman–Crippen LogP) is 4.87. The average Bonchev–Trinajstić information content (AvgIpc) is 3.91. The van der Waals surface area contributed by atoms with Gasteiger partial charge in [-0.15, -0.1) is 0 Å². The number of amides is 3. The lowest BCUT2D eigenvalue weighted by Crippen LogP contribution is -2.52. The molecule has 13 heteroatoms. The summed E-state index contributed by atoms with van der Waals surface area (Å²) in [7, 11) is -0.962. The van der Waals surface area contributed by atoms with Crippen LogP contribution in [0.15, 0.2) is 66.7 Å². The van der Waals surface area contributed by atoms with Crippen LogP contribution < -0.4 is 19.7 Å². The Morgan fingerprint density at radius 2 is 1.79 bits per heavy atom. The standard InChI is InChI=1S/C39H46N4O8Si/c1-25-37(52(3,4)31-16-14-30(50-2)15-17-31)34(22-36(46)41-19-5-7-29(41)24-44)51-39(25)32-21-28(43(48)49)13-18-33(32)42(38(39)47)23-26-9-11-27(12-10-26)40-20-6-8-35(40)45/h9-18,21,25,29,34,37,44H,5-8,19-20,22-24H2,1-4H3/t25-,29-,34+,37-,39+/m0/s1. The van der Waals surface area contributed by atoms with E-state index >= 15 is 4.79 Å². The second kappa shape index (κ2) is 13.8. The van der Waals surface area contributed by atoms with E-state index in [9.17, 15) is 24.8 Å². The summed E-state index contributed by atoms with van der Waals surface area (Å²) in [6.45, 7) is 7.73. The minimum atomic E-state index is -2.58. The third kappa shape index (κ3) is 5.88. The average molecular weight is 727 g/mol. The number of carbonyl (C=O) groups is 3. The van der Waals surface area contributed by atoms with Gasteiger partial charge in [-0.05, 0) is 60.7 Å². The number of anilines is 2. The van der Waals surface area contributed by atoms with Crippen LogP contribution in [0, 0.1) is 16.0 Å². The molecule has 3 aromatic carbocycles. The number of ether oxygens (including phenoxy) is 2. The Bertz CT molecular complexity index is 1890. The molecule has 0 bridgehead atoms. The monoisotopic (exact) mass is 726 g/mol.